The minimum Gasteiger partial charge on any atom is -0.379 e. The minimum absolute atomic E-state index is 0.113. The van der Waals surface area contributed by atoms with Crippen molar-refractivity contribution in [1.29, 1.82) is 0 Å². The topological polar surface area (TPSA) is 147 Å². The van der Waals surface area contributed by atoms with Crippen molar-refractivity contribution in [1.82, 2.24) is 9.97 Å². The van der Waals surface area contributed by atoms with Crippen molar-refractivity contribution in [2.24, 2.45) is 0 Å². The molecule has 1 aromatic rings. The largest absolute Gasteiger partial charge is 0.408 e. The van der Waals surface area contributed by atoms with Gasteiger partial charge in [-0.05, 0) is 9.91 Å². The summed E-state index contributed by atoms with van der Waals surface area (Å²) >= 11 is 0. The van der Waals surface area contributed by atoms with Gasteiger partial charge in [-0.2, -0.15) is 4.98 Å². The average Bonchev–Trinajstić information content (AvgIpc) is 1.96. The van der Waals surface area contributed by atoms with Gasteiger partial charge in [0.05, 0.1) is 0 Å². The maximum Gasteiger partial charge on any atom is 0.408 e. The number of aromatic nitrogens is 2. The van der Waals surface area contributed by atoms with Gasteiger partial charge in [-0.3, -0.25) is 0 Å². The third-order valence-electron chi connectivity index (χ3n) is 1.13. The van der Waals surface area contributed by atoms with Crippen LogP contribution in [-0.4, -0.2) is 14.9 Å². The highest BCUT2D eigenvalue weighted by atomic mass is 16.6. The van der Waals surface area contributed by atoms with Crippen LogP contribution < -0.4 is 17.2 Å². The summed E-state index contributed by atoms with van der Waals surface area (Å²) < 4.78 is 0. The number of nitrogen functional groups attached to an aromatic ring is 3. The third-order valence-corrected chi connectivity index (χ3v) is 1.13. The number of anilines is 3. The quantitative estimate of drug-likeness (QED) is 0.366. The summed E-state index contributed by atoms with van der Waals surface area (Å²) in [7, 11) is 0. The molecule has 0 aliphatic rings. The van der Waals surface area contributed by atoms with Gasteiger partial charge in [0, 0.05) is 0 Å². The summed E-state index contributed by atoms with van der Waals surface area (Å²) in [5.74, 6) is -1.23. The Morgan fingerprint density at radius 1 is 1.08 bits per heavy atom. The second kappa shape index (κ2) is 2.49. The SMILES string of the molecule is Nc1nc(N)c([N+](=O)[O-])nc1N. The Kier molecular flexibility index (Phi) is 1.66. The molecule has 1 heterocycles. The molecule has 0 unspecified atom stereocenters. The van der Waals surface area contributed by atoms with E-state index in [4.69, 9.17) is 17.2 Å². The van der Waals surface area contributed by atoms with Crippen LogP contribution >= 0.6 is 0 Å². The Balaban J connectivity index is 3.33. The first-order valence-corrected chi connectivity index (χ1v) is 2.85. The molecule has 0 aliphatic heterocycles. The zero-order valence-corrected chi connectivity index (χ0v) is 5.89. The fraction of sp³-hybridized carbons (Fsp3) is 0. The maximum absolute atomic E-state index is 10.2. The molecule has 1 aromatic heterocycles. The van der Waals surface area contributed by atoms with E-state index in [-0.39, 0.29) is 17.5 Å². The van der Waals surface area contributed by atoms with E-state index >= 15 is 0 Å². The second-order valence-electron chi connectivity index (χ2n) is 1.96. The van der Waals surface area contributed by atoms with Gasteiger partial charge in [-0.1, -0.05) is 0 Å². The molecule has 8 nitrogen and oxygen atoms in total. The molecule has 0 bridgehead atoms. The van der Waals surface area contributed by atoms with E-state index in [0.717, 1.165) is 0 Å². The minimum atomic E-state index is -0.780. The van der Waals surface area contributed by atoms with Crippen LogP contribution in [0.3, 0.4) is 0 Å². The van der Waals surface area contributed by atoms with Crippen LogP contribution in [0.15, 0.2) is 0 Å². The van der Waals surface area contributed by atoms with E-state index in [0.29, 0.717) is 0 Å². The molecule has 12 heavy (non-hydrogen) atoms. The summed E-state index contributed by atoms with van der Waals surface area (Å²) in [5, 5.41) is 10.2. The van der Waals surface area contributed by atoms with Gasteiger partial charge in [0.15, 0.2) is 5.82 Å². The summed E-state index contributed by atoms with van der Waals surface area (Å²) in [6.07, 6.45) is 0. The maximum atomic E-state index is 10.2. The van der Waals surface area contributed by atoms with Gasteiger partial charge in [-0.15, -0.1) is 0 Å². The number of hydrogen-bond acceptors (Lipinski definition) is 7. The van der Waals surface area contributed by atoms with Crippen molar-refractivity contribution in [3.63, 3.8) is 0 Å². The molecular weight excluding hydrogens is 164 g/mol. The average molecular weight is 170 g/mol. The van der Waals surface area contributed by atoms with Crippen LogP contribution in [0.1, 0.15) is 0 Å². The van der Waals surface area contributed by atoms with Gasteiger partial charge in [0.1, 0.15) is 0 Å². The number of nitrogens with zero attached hydrogens (tertiary/aromatic N) is 3. The van der Waals surface area contributed by atoms with Crippen LogP contribution in [0, 0.1) is 10.1 Å². The molecule has 0 amide bonds. The van der Waals surface area contributed by atoms with E-state index < -0.39 is 10.7 Å². The molecule has 0 saturated carbocycles. The Morgan fingerprint density at radius 2 is 1.58 bits per heavy atom. The van der Waals surface area contributed by atoms with Crippen molar-refractivity contribution >= 4 is 23.3 Å². The molecule has 0 saturated heterocycles. The Hall–Kier alpha value is -2.12. The fourth-order valence-electron chi connectivity index (χ4n) is 0.600. The van der Waals surface area contributed by atoms with Gasteiger partial charge in [0.25, 0.3) is 5.82 Å². The molecule has 0 aromatic carbocycles. The highest BCUT2D eigenvalue weighted by molar-refractivity contribution is 5.61. The highest BCUT2D eigenvalue weighted by Gasteiger charge is 2.18. The standard InChI is InChI=1S/C4H6N6O2/c5-1-2(6)9-4(10(11)12)3(7)8-1/h(H2,6,9)(H4,5,7,8). The monoisotopic (exact) mass is 170 g/mol. The normalized spacial score (nSPS) is 9.67. The van der Waals surface area contributed by atoms with Crippen molar-refractivity contribution in [3.8, 4) is 0 Å². The van der Waals surface area contributed by atoms with Crippen molar-refractivity contribution in [2.45, 2.75) is 0 Å². The summed E-state index contributed by atoms with van der Waals surface area (Å²) in [5.41, 5.74) is 15.5. The molecule has 64 valence electrons. The predicted molar refractivity (Wildman–Crippen MR) is 41.9 cm³/mol. The Labute approximate surface area is 66.5 Å². The summed E-state index contributed by atoms with van der Waals surface area (Å²) in [6, 6.07) is 0. The van der Waals surface area contributed by atoms with E-state index in [1.54, 1.807) is 0 Å². The first-order valence-electron chi connectivity index (χ1n) is 2.85. The van der Waals surface area contributed by atoms with Gasteiger partial charge < -0.3 is 27.3 Å². The number of nitrogens with two attached hydrogens (primary N) is 3. The molecule has 6 N–H and O–H groups in total. The third kappa shape index (κ3) is 1.17. The molecule has 0 aliphatic carbocycles. The lowest BCUT2D eigenvalue weighted by Crippen LogP contribution is -2.07. The van der Waals surface area contributed by atoms with Crippen LogP contribution in [0.25, 0.3) is 0 Å². The number of rotatable bonds is 1. The van der Waals surface area contributed by atoms with Crippen LogP contribution in [0.4, 0.5) is 23.3 Å². The molecule has 8 heteroatoms. The van der Waals surface area contributed by atoms with Crippen molar-refractivity contribution in [3.05, 3.63) is 10.1 Å². The Morgan fingerprint density at radius 3 is 2.08 bits per heavy atom. The van der Waals surface area contributed by atoms with E-state index in [1.165, 1.54) is 0 Å². The molecule has 0 fully saturated rings. The number of nitro groups is 1. The van der Waals surface area contributed by atoms with Gasteiger partial charge in [0.2, 0.25) is 5.82 Å². The number of hydrogen-bond donors (Lipinski definition) is 3. The lowest BCUT2D eigenvalue weighted by atomic mass is 10.5. The second-order valence-corrected chi connectivity index (χ2v) is 1.96. The zero-order valence-electron chi connectivity index (χ0n) is 5.89. The highest BCUT2D eigenvalue weighted by Crippen LogP contribution is 2.20. The first-order chi connectivity index (χ1) is 5.52. The molecule has 0 radical (unpaired) electrons. The van der Waals surface area contributed by atoms with Gasteiger partial charge in [-0.25, -0.2) is 0 Å². The van der Waals surface area contributed by atoms with E-state index in [9.17, 15) is 10.1 Å². The molecule has 0 atom stereocenters. The molecular formula is C4H6N6O2. The van der Waals surface area contributed by atoms with E-state index in [2.05, 4.69) is 9.97 Å². The lowest BCUT2D eigenvalue weighted by molar-refractivity contribution is -0.388. The van der Waals surface area contributed by atoms with Crippen molar-refractivity contribution < 1.29 is 4.92 Å². The Bertz CT molecular complexity index is 337. The molecule has 1 rings (SSSR count). The van der Waals surface area contributed by atoms with Gasteiger partial charge >= 0.3 is 5.82 Å². The lowest BCUT2D eigenvalue weighted by Gasteiger charge is -1.97. The van der Waals surface area contributed by atoms with Crippen LogP contribution in [0.5, 0.6) is 0 Å². The fourth-order valence-corrected chi connectivity index (χ4v) is 0.600. The van der Waals surface area contributed by atoms with Crippen molar-refractivity contribution in [2.75, 3.05) is 17.2 Å². The first kappa shape index (κ1) is 7.98. The summed E-state index contributed by atoms with van der Waals surface area (Å²) in [6.45, 7) is 0. The smallest absolute Gasteiger partial charge is 0.379 e. The summed E-state index contributed by atoms with van der Waals surface area (Å²) in [4.78, 5) is 16.2. The van der Waals surface area contributed by atoms with Crippen LogP contribution in [0.2, 0.25) is 0 Å². The zero-order chi connectivity index (χ0) is 9.30. The van der Waals surface area contributed by atoms with Crippen LogP contribution in [-0.2, 0) is 0 Å². The van der Waals surface area contributed by atoms with E-state index in [1.807, 2.05) is 0 Å². The predicted octanol–water partition coefficient (Wildman–Crippen LogP) is -0.869. The molecule has 0 spiro atoms.